The molecule has 0 atom stereocenters. The van der Waals surface area contributed by atoms with Gasteiger partial charge in [-0.15, -0.1) is 0 Å². The standard InChI is InChI=1S/C15H15ClN4O/c1-8-13(17)15(19-14(18-8)9(2)21)20-6-5-10-3-4-11(16)7-12(10)20/h3-4,7H,5-6,17H2,1-2H3. The number of anilines is 3. The first kappa shape index (κ1) is 13.8. The number of Topliss-reactive ketones (excluding diaryl/α,β-unsaturated/α-hetero) is 1. The molecule has 0 saturated heterocycles. The lowest BCUT2D eigenvalue weighted by Gasteiger charge is -2.21. The normalized spacial score (nSPS) is 13.4. The highest BCUT2D eigenvalue weighted by Crippen LogP contribution is 2.38. The van der Waals surface area contributed by atoms with Gasteiger partial charge in [-0.05, 0) is 31.0 Å². The molecule has 3 rings (SSSR count). The summed E-state index contributed by atoms with van der Waals surface area (Å²) in [6.07, 6.45) is 0.893. The molecule has 2 aromatic rings. The number of benzene rings is 1. The van der Waals surface area contributed by atoms with Crippen LogP contribution >= 0.6 is 11.6 Å². The van der Waals surface area contributed by atoms with Gasteiger partial charge >= 0.3 is 0 Å². The molecule has 1 aromatic carbocycles. The zero-order valence-electron chi connectivity index (χ0n) is 11.9. The van der Waals surface area contributed by atoms with Crippen LogP contribution in [0.25, 0.3) is 0 Å². The molecular weight excluding hydrogens is 288 g/mol. The maximum Gasteiger partial charge on any atom is 0.198 e. The first-order valence-corrected chi connectivity index (χ1v) is 7.06. The van der Waals surface area contributed by atoms with Crippen molar-refractivity contribution in [2.45, 2.75) is 20.3 Å². The molecule has 2 heterocycles. The molecule has 2 N–H and O–H groups in total. The van der Waals surface area contributed by atoms with E-state index in [-0.39, 0.29) is 11.6 Å². The highest BCUT2D eigenvalue weighted by Gasteiger charge is 2.25. The summed E-state index contributed by atoms with van der Waals surface area (Å²) in [7, 11) is 0. The Kier molecular flexibility index (Phi) is 3.29. The predicted molar refractivity (Wildman–Crippen MR) is 83.3 cm³/mol. The van der Waals surface area contributed by atoms with Crippen molar-refractivity contribution in [3.05, 3.63) is 40.3 Å². The second-order valence-electron chi connectivity index (χ2n) is 5.10. The van der Waals surface area contributed by atoms with E-state index in [2.05, 4.69) is 9.97 Å². The summed E-state index contributed by atoms with van der Waals surface area (Å²) in [6.45, 7) is 3.99. The number of nitrogen functional groups attached to an aromatic ring is 1. The van der Waals surface area contributed by atoms with Crippen LogP contribution in [0, 0.1) is 6.92 Å². The largest absolute Gasteiger partial charge is 0.394 e. The Hall–Kier alpha value is -2.14. The topological polar surface area (TPSA) is 72.1 Å². The number of fused-ring (bicyclic) bond motifs is 1. The third-order valence-electron chi connectivity index (χ3n) is 3.63. The van der Waals surface area contributed by atoms with Crippen molar-refractivity contribution < 1.29 is 4.79 Å². The first-order chi connectivity index (χ1) is 9.97. The van der Waals surface area contributed by atoms with Gasteiger partial charge in [0.2, 0.25) is 0 Å². The highest BCUT2D eigenvalue weighted by molar-refractivity contribution is 6.31. The van der Waals surface area contributed by atoms with E-state index in [0.29, 0.717) is 22.2 Å². The van der Waals surface area contributed by atoms with Crippen molar-refractivity contribution in [2.24, 2.45) is 0 Å². The SMILES string of the molecule is CC(=O)c1nc(C)c(N)c(N2CCc3ccc(Cl)cc32)n1. The number of halogens is 1. The van der Waals surface area contributed by atoms with E-state index in [9.17, 15) is 4.79 Å². The highest BCUT2D eigenvalue weighted by atomic mass is 35.5. The molecule has 0 spiro atoms. The predicted octanol–water partition coefficient (Wildman–Crippen LogP) is 2.92. The summed E-state index contributed by atoms with van der Waals surface area (Å²) in [5.74, 6) is 0.589. The van der Waals surface area contributed by atoms with Gasteiger partial charge in [-0.3, -0.25) is 4.79 Å². The lowest BCUT2D eigenvalue weighted by Crippen LogP contribution is -2.19. The Morgan fingerprint density at radius 3 is 2.86 bits per heavy atom. The van der Waals surface area contributed by atoms with Crippen molar-refractivity contribution >= 4 is 34.6 Å². The van der Waals surface area contributed by atoms with E-state index in [1.165, 1.54) is 12.5 Å². The Balaban J connectivity index is 2.15. The number of ketones is 1. The fourth-order valence-corrected chi connectivity index (χ4v) is 2.67. The number of carbonyl (C=O) groups is 1. The van der Waals surface area contributed by atoms with Crippen LogP contribution in [0.2, 0.25) is 5.02 Å². The minimum Gasteiger partial charge on any atom is -0.394 e. The minimum atomic E-state index is -0.176. The first-order valence-electron chi connectivity index (χ1n) is 6.68. The molecule has 0 radical (unpaired) electrons. The van der Waals surface area contributed by atoms with Gasteiger partial charge in [0.25, 0.3) is 0 Å². The number of nitrogens with two attached hydrogens (primary N) is 1. The Morgan fingerprint density at radius 2 is 2.14 bits per heavy atom. The van der Waals surface area contributed by atoms with Crippen molar-refractivity contribution in [1.29, 1.82) is 0 Å². The summed E-state index contributed by atoms with van der Waals surface area (Å²) >= 11 is 6.08. The molecule has 1 aromatic heterocycles. The van der Waals surface area contributed by atoms with E-state index in [1.807, 2.05) is 23.1 Å². The zero-order valence-corrected chi connectivity index (χ0v) is 12.6. The Labute approximate surface area is 127 Å². The van der Waals surface area contributed by atoms with Gasteiger partial charge in [0.15, 0.2) is 17.4 Å². The molecule has 21 heavy (non-hydrogen) atoms. The number of aromatic nitrogens is 2. The van der Waals surface area contributed by atoms with Crippen LogP contribution in [0.1, 0.15) is 28.8 Å². The number of aryl methyl sites for hydroxylation is 1. The van der Waals surface area contributed by atoms with Gasteiger partial charge in [-0.25, -0.2) is 9.97 Å². The summed E-state index contributed by atoms with van der Waals surface area (Å²) in [6, 6.07) is 5.78. The number of nitrogens with zero attached hydrogens (tertiary/aromatic N) is 3. The average Bonchev–Trinajstić information content (AvgIpc) is 2.84. The molecule has 5 nitrogen and oxygen atoms in total. The third-order valence-corrected chi connectivity index (χ3v) is 3.86. The summed E-state index contributed by atoms with van der Waals surface area (Å²) < 4.78 is 0. The Bertz CT molecular complexity index is 745. The summed E-state index contributed by atoms with van der Waals surface area (Å²) in [5.41, 5.74) is 9.40. The second kappa shape index (κ2) is 5.00. The van der Waals surface area contributed by atoms with E-state index in [1.54, 1.807) is 6.92 Å². The molecule has 108 valence electrons. The van der Waals surface area contributed by atoms with Crippen LogP contribution in [-0.2, 0) is 6.42 Å². The molecule has 1 aliphatic heterocycles. The van der Waals surface area contributed by atoms with E-state index in [4.69, 9.17) is 17.3 Å². The molecule has 0 aliphatic carbocycles. The second-order valence-corrected chi connectivity index (χ2v) is 5.54. The fraction of sp³-hybridized carbons (Fsp3) is 0.267. The molecule has 6 heteroatoms. The zero-order chi connectivity index (χ0) is 15.1. The quantitative estimate of drug-likeness (QED) is 0.864. The van der Waals surface area contributed by atoms with Crippen molar-refractivity contribution in [3.8, 4) is 0 Å². The van der Waals surface area contributed by atoms with E-state index >= 15 is 0 Å². The van der Waals surface area contributed by atoms with Gasteiger partial charge < -0.3 is 10.6 Å². The molecule has 0 saturated carbocycles. The van der Waals surface area contributed by atoms with Crippen molar-refractivity contribution in [2.75, 3.05) is 17.2 Å². The van der Waals surface area contributed by atoms with E-state index < -0.39 is 0 Å². The monoisotopic (exact) mass is 302 g/mol. The lowest BCUT2D eigenvalue weighted by atomic mass is 10.2. The van der Waals surface area contributed by atoms with Crippen LogP contribution < -0.4 is 10.6 Å². The molecule has 0 unspecified atom stereocenters. The number of rotatable bonds is 2. The van der Waals surface area contributed by atoms with Crippen LogP contribution in [-0.4, -0.2) is 22.3 Å². The third kappa shape index (κ3) is 2.34. The maximum absolute atomic E-state index is 11.6. The molecule has 0 fully saturated rings. The number of hydrogen-bond donors (Lipinski definition) is 1. The fourth-order valence-electron chi connectivity index (χ4n) is 2.50. The van der Waals surface area contributed by atoms with Crippen molar-refractivity contribution in [1.82, 2.24) is 9.97 Å². The van der Waals surface area contributed by atoms with Gasteiger partial charge in [0.1, 0.15) is 0 Å². The number of hydrogen-bond acceptors (Lipinski definition) is 5. The molecule has 0 amide bonds. The van der Waals surface area contributed by atoms with Gasteiger partial charge in [0.05, 0.1) is 11.4 Å². The van der Waals surface area contributed by atoms with Crippen LogP contribution in [0.4, 0.5) is 17.2 Å². The number of carbonyl (C=O) groups excluding carboxylic acids is 1. The van der Waals surface area contributed by atoms with Crippen LogP contribution in [0.3, 0.4) is 0 Å². The van der Waals surface area contributed by atoms with Crippen molar-refractivity contribution in [3.63, 3.8) is 0 Å². The maximum atomic E-state index is 11.6. The minimum absolute atomic E-state index is 0.176. The van der Waals surface area contributed by atoms with Gasteiger partial charge in [-0.2, -0.15) is 0 Å². The van der Waals surface area contributed by atoms with Gasteiger partial charge in [0, 0.05) is 24.2 Å². The van der Waals surface area contributed by atoms with E-state index in [0.717, 1.165) is 18.7 Å². The molecule has 1 aliphatic rings. The molecule has 0 bridgehead atoms. The summed E-state index contributed by atoms with van der Waals surface area (Å²) in [4.78, 5) is 22.0. The van der Waals surface area contributed by atoms with Crippen LogP contribution in [0.15, 0.2) is 18.2 Å². The Morgan fingerprint density at radius 1 is 1.38 bits per heavy atom. The summed E-state index contributed by atoms with van der Waals surface area (Å²) in [5, 5.41) is 0.664. The smallest absolute Gasteiger partial charge is 0.198 e. The van der Waals surface area contributed by atoms with Crippen LogP contribution in [0.5, 0.6) is 0 Å². The average molecular weight is 303 g/mol. The van der Waals surface area contributed by atoms with Gasteiger partial charge in [-0.1, -0.05) is 17.7 Å². The lowest BCUT2D eigenvalue weighted by molar-refractivity contribution is 0.100. The molecular formula is C15H15ClN4O.